The molecule has 0 aromatic heterocycles. The van der Waals surface area contributed by atoms with Crippen molar-refractivity contribution < 1.29 is 42.9 Å². The van der Waals surface area contributed by atoms with E-state index in [1.165, 1.54) is 382 Å². The maximum atomic E-state index is 2.66. The Hall–Kier alpha value is 0.880. The number of quaternary nitrogens is 2. The minimum absolute atomic E-state index is 0. The van der Waals surface area contributed by atoms with Gasteiger partial charge in [0.15, 0.2) is 0 Å². The Labute approximate surface area is 455 Å². The third kappa shape index (κ3) is 56.2. The van der Waals surface area contributed by atoms with Gasteiger partial charge in [0.25, 0.3) is 0 Å². The van der Waals surface area contributed by atoms with E-state index >= 15 is 0 Å². The lowest BCUT2D eigenvalue weighted by atomic mass is 10.0. The minimum atomic E-state index is 0. The first-order chi connectivity index (χ1) is 32.4. The van der Waals surface area contributed by atoms with Crippen LogP contribution in [0.3, 0.4) is 0 Å². The molecule has 2 nitrogen and oxygen atoms in total. The number of halogens is 2. The SMILES string of the molecule is CCCCCCCCCCCCCC[N+](C)(CCCCCCCCCCCCCC)CCCCCC[N+](C)(CCCCCCCCCCCCCC)CCCCCCCCCCCCCC.[Br-].[Br-]. The predicted molar refractivity (Wildman–Crippen MR) is 304 cm³/mol. The molecule has 0 aromatic carbocycles. The van der Waals surface area contributed by atoms with Crippen molar-refractivity contribution in [1.29, 1.82) is 0 Å². The molecule has 0 saturated carbocycles. The quantitative estimate of drug-likeness (QED) is 0.0421. The van der Waals surface area contributed by atoms with Gasteiger partial charge in [-0.05, 0) is 77.0 Å². The van der Waals surface area contributed by atoms with Gasteiger partial charge in [0, 0.05) is 0 Å². The van der Waals surface area contributed by atoms with Crippen LogP contribution in [0.1, 0.15) is 362 Å². The van der Waals surface area contributed by atoms with E-state index in [0.717, 1.165) is 0 Å². The number of nitrogens with zero attached hydrogens (tertiary/aromatic N) is 2. The lowest BCUT2D eigenvalue weighted by Crippen LogP contribution is -3.00. The highest BCUT2D eigenvalue weighted by Crippen LogP contribution is 2.21. The van der Waals surface area contributed by atoms with Crippen molar-refractivity contribution >= 4 is 0 Å². The number of unbranched alkanes of at least 4 members (excludes halogenated alkanes) is 47. The van der Waals surface area contributed by atoms with E-state index in [2.05, 4.69) is 41.8 Å². The maximum absolute atomic E-state index is 2.66. The first-order valence-electron chi connectivity index (χ1n) is 32.1. The highest BCUT2D eigenvalue weighted by atomic mass is 79.9. The lowest BCUT2D eigenvalue weighted by molar-refractivity contribution is -0.911. The minimum Gasteiger partial charge on any atom is -1.00 e. The zero-order valence-corrected chi connectivity index (χ0v) is 51.8. The maximum Gasteiger partial charge on any atom is 0.0784 e. The summed E-state index contributed by atoms with van der Waals surface area (Å²) >= 11 is 0. The van der Waals surface area contributed by atoms with Crippen LogP contribution in [0.2, 0.25) is 0 Å². The Morgan fingerprint density at radius 3 is 0.338 bits per heavy atom. The van der Waals surface area contributed by atoms with Gasteiger partial charge < -0.3 is 42.9 Å². The molecule has 414 valence electrons. The highest BCUT2D eigenvalue weighted by molar-refractivity contribution is 4.56. The molecule has 0 fully saturated rings. The lowest BCUT2D eigenvalue weighted by Gasteiger charge is -2.36. The summed E-state index contributed by atoms with van der Waals surface area (Å²) in [6, 6.07) is 0. The van der Waals surface area contributed by atoms with Crippen LogP contribution in [0, 0.1) is 0 Å². The molecule has 0 saturated heterocycles. The van der Waals surface area contributed by atoms with Crippen molar-refractivity contribution in [2.24, 2.45) is 0 Å². The average Bonchev–Trinajstić information content (AvgIpc) is 3.31. The topological polar surface area (TPSA) is 0 Å². The largest absolute Gasteiger partial charge is 1.00 e. The van der Waals surface area contributed by atoms with Crippen LogP contribution in [0.15, 0.2) is 0 Å². The van der Waals surface area contributed by atoms with Crippen molar-refractivity contribution in [2.45, 2.75) is 362 Å². The molecule has 0 aliphatic heterocycles. The first-order valence-corrected chi connectivity index (χ1v) is 32.1. The van der Waals surface area contributed by atoms with Crippen molar-refractivity contribution in [3.05, 3.63) is 0 Å². The fourth-order valence-corrected chi connectivity index (χ4v) is 11.3. The molecule has 0 rings (SSSR count). The summed E-state index contributed by atoms with van der Waals surface area (Å²) < 4.78 is 2.72. The molecule has 0 aliphatic rings. The van der Waals surface area contributed by atoms with Gasteiger partial charge >= 0.3 is 0 Å². The summed E-state index contributed by atoms with van der Waals surface area (Å²) in [6.45, 7) is 17.9. The van der Waals surface area contributed by atoms with E-state index < -0.39 is 0 Å². The highest BCUT2D eigenvalue weighted by Gasteiger charge is 2.22. The Bertz CT molecular complexity index is 754. The Morgan fingerprint density at radius 1 is 0.147 bits per heavy atom. The number of rotatable bonds is 59. The standard InChI is InChI=1S/C64H134N2.2BrH/c1-7-11-15-19-23-27-31-35-39-43-47-53-59-65(5,60-54-48-44-40-36-32-28-24-20-16-12-8-2)63-57-51-52-58-64-66(6,61-55-49-45-41-37-33-29-25-21-17-13-9-3)62-56-50-46-42-38-34-30-26-22-18-14-10-4;;/h7-64H2,1-6H3;2*1H/q+2;;/p-2. The van der Waals surface area contributed by atoms with Gasteiger partial charge in [-0.1, -0.05) is 285 Å². The molecule has 0 bridgehead atoms. The summed E-state index contributed by atoms with van der Waals surface area (Å²) in [6.07, 6.45) is 76.0. The Balaban J connectivity index is -0.0000211. The van der Waals surface area contributed by atoms with Crippen LogP contribution in [0.25, 0.3) is 0 Å². The number of hydrogen-bond acceptors (Lipinski definition) is 0. The normalized spacial score (nSPS) is 11.9. The van der Waals surface area contributed by atoms with E-state index in [1.807, 2.05) is 0 Å². The molecule has 0 heterocycles. The van der Waals surface area contributed by atoms with Crippen LogP contribution >= 0.6 is 0 Å². The molecule has 0 spiro atoms. The van der Waals surface area contributed by atoms with Gasteiger partial charge in [-0.15, -0.1) is 0 Å². The average molecular weight is 1090 g/mol. The summed E-state index contributed by atoms with van der Waals surface area (Å²) in [5, 5.41) is 0. The van der Waals surface area contributed by atoms with Gasteiger partial charge in [0.05, 0.1) is 53.4 Å². The number of hydrogen-bond donors (Lipinski definition) is 0. The molecule has 0 amide bonds. The molecule has 0 unspecified atom stereocenters. The summed E-state index contributed by atoms with van der Waals surface area (Å²) in [5.74, 6) is 0. The molecule has 68 heavy (non-hydrogen) atoms. The molecular formula is C64H134Br2N2. The van der Waals surface area contributed by atoms with E-state index in [1.54, 1.807) is 0 Å². The van der Waals surface area contributed by atoms with Crippen LogP contribution in [0.5, 0.6) is 0 Å². The van der Waals surface area contributed by atoms with Crippen LogP contribution in [-0.2, 0) is 0 Å². The van der Waals surface area contributed by atoms with Gasteiger partial charge in [-0.25, -0.2) is 0 Å². The molecule has 4 heteroatoms. The van der Waals surface area contributed by atoms with Crippen molar-refractivity contribution in [3.63, 3.8) is 0 Å². The molecule has 0 N–H and O–H groups in total. The van der Waals surface area contributed by atoms with Gasteiger partial charge in [0.2, 0.25) is 0 Å². The summed E-state index contributed by atoms with van der Waals surface area (Å²) in [4.78, 5) is 0. The summed E-state index contributed by atoms with van der Waals surface area (Å²) in [5.41, 5.74) is 0. The predicted octanol–water partition coefficient (Wildman–Crippen LogP) is 16.3. The smallest absolute Gasteiger partial charge is 0.0784 e. The van der Waals surface area contributed by atoms with Crippen LogP contribution < -0.4 is 34.0 Å². The third-order valence-electron chi connectivity index (χ3n) is 16.4. The van der Waals surface area contributed by atoms with Gasteiger partial charge in [-0.2, -0.15) is 0 Å². The zero-order valence-electron chi connectivity index (χ0n) is 48.7. The zero-order chi connectivity index (χ0) is 48.0. The molecule has 0 atom stereocenters. The molecule has 0 aliphatic carbocycles. The van der Waals surface area contributed by atoms with Crippen molar-refractivity contribution in [1.82, 2.24) is 0 Å². The van der Waals surface area contributed by atoms with E-state index in [9.17, 15) is 0 Å². The van der Waals surface area contributed by atoms with E-state index in [-0.39, 0.29) is 34.0 Å². The Kier molecular flexibility index (Phi) is 65.0. The van der Waals surface area contributed by atoms with E-state index in [4.69, 9.17) is 0 Å². The van der Waals surface area contributed by atoms with Gasteiger partial charge in [-0.3, -0.25) is 0 Å². The second-order valence-electron chi connectivity index (χ2n) is 23.6. The van der Waals surface area contributed by atoms with Crippen LogP contribution in [0.4, 0.5) is 0 Å². The molecule has 0 aromatic rings. The van der Waals surface area contributed by atoms with E-state index in [0.29, 0.717) is 0 Å². The first kappa shape index (κ1) is 73.1. The fourth-order valence-electron chi connectivity index (χ4n) is 11.3. The van der Waals surface area contributed by atoms with Crippen molar-refractivity contribution in [3.8, 4) is 0 Å². The monoisotopic (exact) mass is 1090 g/mol. The molecule has 0 radical (unpaired) electrons. The van der Waals surface area contributed by atoms with Crippen molar-refractivity contribution in [2.75, 3.05) is 53.4 Å². The fraction of sp³-hybridized carbons (Fsp3) is 1.00. The second kappa shape index (κ2) is 60.4. The summed E-state index contributed by atoms with van der Waals surface area (Å²) in [7, 11) is 5.32. The third-order valence-corrected chi connectivity index (χ3v) is 16.4. The molecular weight excluding hydrogens is 957 g/mol. The van der Waals surface area contributed by atoms with Crippen LogP contribution in [-0.4, -0.2) is 62.3 Å². The second-order valence-corrected chi connectivity index (χ2v) is 23.6. The van der Waals surface area contributed by atoms with Gasteiger partial charge in [0.1, 0.15) is 0 Å². The Morgan fingerprint density at radius 2 is 0.235 bits per heavy atom.